The third kappa shape index (κ3) is 4.65. The van der Waals surface area contributed by atoms with Crippen LogP contribution in [0.5, 0.6) is 0 Å². The van der Waals surface area contributed by atoms with Crippen molar-refractivity contribution in [2.45, 2.75) is 20.8 Å². The van der Waals surface area contributed by atoms with Gasteiger partial charge in [-0.1, -0.05) is 30.0 Å². The van der Waals surface area contributed by atoms with E-state index in [9.17, 15) is 4.79 Å². The Morgan fingerprint density at radius 2 is 1.88 bits per heavy atom. The molecule has 0 radical (unpaired) electrons. The van der Waals surface area contributed by atoms with Gasteiger partial charge >= 0.3 is 5.97 Å². The van der Waals surface area contributed by atoms with Gasteiger partial charge in [0.1, 0.15) is 0 Å². The molecule has 16 heavy (non-hydrogen) atoms. The molecule has 0 N–H and O–H groups in total. The first-order chi connectivity index (χ1) is 7.49. The van der Waals surface area contributed by atoms with Gasteiger partial charge in [-0.15, -0.1) is 0 Å². The van der Waals surface area contributed by atoms with E-state index in [1.165, 1.54) is 0 Å². The summed E-state index contributed by atoms with van der Waals surface area (Å²) in [7, 11) is 0. The lowest BCUT2D eigenvalue weighted by Gasteiger charge is -2.07. The van der Waals surface area contributed by atoms with E-state index in [1.54, 1.807) is 24.3 Å². The molecular weight excluding hydrogens is 200 g/mol. The smallest absolute Gasteiger partial charge is 0.339 e. The fraction of sp³-hybridized carbons (Fsp3) is 0.357. The molecule has 0 spiro atoms. The van der Waals surface area contributed by atoms with Crippen LogP contribution < -0.4 is 0 Å². The number of ether oxygens (including phenoxy) is 1. The van der Waals surface area contributed by atoms with Gasteiger partial charge in [0.2, 0.25) is 0 Å². The Kier molecular flexibility index (Phi) is 4.13. The lowest BCUT2D eigenvalue weighted by molar-refractivity contribution is 0.0556. The van der Waals surface area contributed by atoms with Crippen molar-refractivity contribution in [3.05, 3.63) is 35.9 Å². The molecule has 0 unspecified atom stereocenters. The number of carbonyl (C=O) groups is 1. The summed E-state index contributed by atoms with van der Waals surface area (Å²) in [5.41, 5.74) is 0.499. The van der Waals surface area contributed by atoms with Crippen molar-refractivity contribution in [2.75, 3.05) is 6.61 Å². The molecule has 0 aromatic heterocycles. The second kappa shape index (κ2) is 5.37. The highest BCUT2D eigenvalue weighted by atomic mass is 16.5. The second-order valence-electron chi connectivity index (χ2n) is 4.49. The Balaban J connectivity index is 2.45. The van der Waals surface area contributed by atoms with Crippen LogP contribution in [-0.4, -0.2) is 12.6 Å². The minimum absolute atomic E-state index is 0.0564. The maximum Gasteiger partial charge on any atom is 0.339 e. The van der Waals surface area contributed by atoms with Crippen molar-refractivity contribution in [1.82, 2.24) is 0 Å². The molecular formula is C14H16O2. The zero-order chi connectivity index (χ0) is 12.0. The summed E-state index contributed by atoms with van der Waals surface area (Å²) in [6, 6.07) is 8.91. The van der Waals surface area contributed by atoms with Gasteiger partial charge in [0.25, 0.3) is 0 Å². The van der Waals surface area contributed by atoms with Crippen LogP contribution in [0.1, 0.15) is 31.1 Å². The van der Waals surface area contributed by atoms with E-state index in [1.807, 2.05) is 26.8 Å². The van der Waals surface area contributed by atoms with E-state index in [-0.39, 0.29) is 18.0 Å². The van der Waals surface area contributed by atoms with Crippen LogP contribution in [0.2, 0.25) is 0 Å². The normalized spacial score (nSPS) is 10.2. The predicted molar refractivity (Wildman–Crippen MR) is 64.0 cm³/mol. The standard InChI is InChI=1S/C14H16O2/c1-14(2,3)10-7-11-16-13(15)12-8-5-4-6-9-12/h4-6,8-9H,11H2,1-3H3. The molecule has 0 fully saturated rings. The first-order valence-corrected chi connectivity index (χ1v) is 5.21. The van der Waals surface area contributed by atoms with Crippen molar-refractivity contribution in [3.8, 4) is 11.8 Å². The zero-order valence-corrected chi connectivity index (χ0v) is 9.91. The van der Waals surface area contributed by atoms with E-state index in [4.69, 9.17) is 4.74 Å². The van der Waals surface area contributed by atoms with Gasteiger partial charge in [-0.05, 0) is 32.9 Å². The Labute approximate surface area is 96.6 Å². The lowest BCUT2D eigenvalue weighted by Crippen LogP contribution is -2.06. The number of hydrogen-bond donors (Lipinski definition) is 0. The molecule has 1 rings (SSSR count). The first-order valence-electron chi connectivity index (χ1n) is 5.21. The van der Waals surface area contributed by atoms with Crippen molar-refractivity contribution in [2.24, 2.45) is 5.41 Å². The van der Waals surface area contributed by atoms with Gasteiger partial charge in [-0.3, -0.25) is 0 Å². The SMILES string of the molecule is CC(C)(C)C#CCOC(=O)c1ccccc1. The van der Waals surface area contributed by atoms with Crippen molar-refractivity contribution in [1.29, 1.82) is 0 Å². The Morgan fingerprint density at radius 1 is 1.25 bits per heavy atom. The van der Waals surface area contributed by atoms with Crippen LogP contribution >= 0.6 is 0 Å². The molecule has 0 heterocycles. The summed E-state index contributed by atoms with van der Waals surface area (Å²) >= 11 is 0. The van der Waals surface area contributed by atoms with Crippen LogP contribution in [-0.2, 0) is 4.74 Å². The fourth-order valence-electron chi connectivity index (χ4n) is 1.06. The Bertz CT molecular complexity index is 402. The topological polar surface area (TPSA) is 26.3 Å². The largest absolute Gasteiger partial charge is 0.449 e. The summed E-state index contributed by atoms with van der Waals surface area (Å²) < 4.78 is 5.01. The minimum Gasteiger partial charge on any atom is -0.449 e. The quantitative estimate of drug-likeness (QED) is 0.561. The van der Waals surface area contributed by atoms with Gasteiger partial charge in [-0.25, -0.2) is 4.79 Å². The van der Waals surface area contributed by atoms with E-state index in [0.717, 1.165) is 0 Å². The molecule has 1 aromatic carbocycles. The molecule has 0 saturated heterocycles. The van der Waals surface area contributed by atoms with Gasteiger partial charge in [0.15, 0.2) is 6.61 Å². The Hall–Kier alpha value is -1.75. The highest BCUT2D eigenvalue weighted by Crippen LogP contribution is 2.09. The van der Waals surface area contributed by atoms with E-state index in [0.29, 0.717) is 5.56 Å². The van der Waals surface area contributed by atoms with Crippen LogP contribution in [0.3, 0.4) is 0 Å². The van der Waals surface area contributed by atoms with Crippen LogP contribution in [0.25, 0.3) is 0 Å². The molecule has 84 valence electrons. The summed E-state index contributed by atoms with van der Waals surface area (Å²) in [6.07, 6.45) is 0. The summed E-state index contributed by atoms with van der Waals surface area (Å²) in [4.78, 5) is 11.5. The number of rotatable bonds is 2. The maximum absolute atomic E-state index is 11.5. The summed E-state index contributed by atoms with van der Waals surface area (Å²) in [5.74, 6) is 5.50. The predicted octanol–water partition coefficient (Wildman–Crippen LogP) is 2.89. The molecule has 2 nitrogen and oxygen atoms in total. The van der Waals surface area contributed by atoms with Crippen molar-refractivity contribution in [3.63, 3.8) is 0 Å². The van der Waals surface area contributed by atoms with Gasteiger partial charge in [0.05, 0.1) is 5.56 Å². The van der Waals surface area contributed by atoms with Crippen LogP contribution in [0.15, 0.2) is 30.3 Å². The molecule has 0 aliphatic carbocycles. The number of esters is 1. The molecule has 0 saturated carbocycles. The highest BCUT2D eigenvalue weighted by molar-refractivity contribution is 5.89. The highest BCUT2D eigenvalue weighted by Gasteiger charge is 2.05. The number of hydrogen-bond acceptors (Lipinski definition) is 2. The van der Waals surface area contributed by atoms with Crippen molar-refractivity contribution >= 4 is 5.97 Å². The molecule has 0 amide bonds. The number of carbonyl (C=O) groups excluding carboxylic acids is 1. The average molecular weight is 216 g/mol. The van der Waals surface area contributed by atoms with E-state index < -0.39 is 0 Å². The number of benzene rings is 1. The zero-order valence-electron chi connectivity index (χ0n) is 9.91. The molecule has 0 bridgehead atoms. The van der Waals surface area contributed by atoms with E-state index >= 15 is 0 Å². The third-order valence-electron chi connectivity index (χ3n) is 1.75. The van der Waals surface area contributed by atoms with Gasteiger partial charge in [-0.2, -0.15) is 0 Å². The Morgan fingerprint density at radius 3 is 2.44 bits per heavy atom. The van der Waals surface area contributed by atoms with Crippen LogP contribution in [0.4, 0.5) is 0 Å². The maximum atomic E-state index is 11.5. The summed E-state index contributed by atoms with van der Waals surface area (Å²) in [5, 5.41) is 0. The summed E-state index contributed by atoms with van der Waals surface area (Å²) in [6.45, 7) is 6.18. The second-order valence-corrected chi connectivity index (χ2v) is 4.49. The monoisotopic (exact) mass is 216 g/mol. The fourth-order valence-corrected chi connectivity index (χ4v) is 1.06. The van der Waals surface area contributed by atoms with Crippen molar-refractivity contribution < 1.29 is 9.53 Å². The van der Waals surface area contributed by atoms with E-state index in [2.05, 4.69) is 11.8 Å². The molecule has 0 aliphatic rings. The van der Waals surface area contributed by atoms with Crippen LogP contribution in [0, 0.1) is 17.3 Å². The molecule has 2 heteroatoms. The molecule has 0 aliphatic heterocycles. The molecule has 0 atom stereocenters. The lowest BCUT2D eigenvalue weighted by atomic mass is 9.98. The van der Waals surface area contributed by atoms with Gasteiger partial charge in [0, 0.05) is 5.41 Å². The minimum atomic E-state index is -0.330. The first kappa shape index (κ1) is 12.3. The van der Waals surface area contributed by atoms with Gasteiger partial charge < -0.3 is 4.74 Å². The average Bonchev–Trinajstić information content (AvgIpc) is 2.24. The molecule has 1 aromatic rings. The third-order valence-corrected chi connectivity index (χ3v) is 1.75.